The molecule has 1 aromatic rings. The molecular weight excluding hydrogens is 252 g/mol. The van der Waals surface area contributed by atoms with Gasteiger partial charge >= 0.3 is 0 Å². The lowest BCUT2D eigenvalue weighted by molar-refractivity contribution is 0.585. The summed E-state index contributed by atoms with van der Waals surface area (Å²) in [6.45, 7) is 10.2. The van der Waals surface area contributed by atoms with Crippen LogP contribution >= 0.6 is 0 Å². The Morgan fingerprint density at radius 2 is 1.82 bits per heavy atom. The maximum Gasteiger partial charge on any atom is 0.252 e. The molecule has 0 bridgehead atoms. The van der Waals surface area contributed by atoms with Crippen molar-refractivity contribution in [3.8, 4) is 0 Å². The van der Waals surface area contributed by atoms with Crippen molar-refractivity contribution in [3.05, 3.63) is 24.4 Å². The third-order valence-electron chi connectivity index (χ3n) is 3.18. The van der Waals surface area contributed by atoms with Gasteiger partial charge < -0.3 is 0 Å². The molecule has 1 heterocycles. The fourth-order valence-corrected chi connectivity index (χ4v) is 5.83. The van der Waals surface area contributed by atoms with Crippen molar-refractivity contribution in [1.29, 1.82) is 0 Å². The predicted molar refractivity (Wildman–Crippen MR) is 71.8 cm³/mol. The fraction of sp³-hybridized carbons (Fsp3) is 0.545. The molecule has 1 N–H and O–H groups in total. The van der Waals surface area contributed by atoms with E-state index in [9.17, 15) is 8.42 Å². The molecule has 0 saturated carbocycles. The second-order valence-corrected chi connectivity index (χ2v) is 12.6. The van der Waals surface area contributed by atoms with E-state index in [-0.39, 0.29) is 10.1 Å². The van der Waals surface area contributed by atoms with Gasteiger partial charge in [-0.25, -0.2) is 17.8 Å². The molecule has 0 saturated heterocycles. The average Bonchev–Trinajstić information content (AvgIpc) is 2.15. The Bertz CT molecular complexity index is 478. The number of hydrogen-bond acceptors (Lipinski definition) is 3. The molecule has 1 rings (SSSR count). The van der Waals surface area contributed by atoms with Gasteiger partial charge in [0.05, 0.1) is 0 Å². The maximum atomic E-state index is 12.2. The average molecular weight is 272 g/mol. The zero-order chi connectivity index (χ0) is 13.3. The van der Waals surface area contributed by atoms with Crippen LogP contribution in [-0.4, -0.2) is 21.6 Å². The van der Waals surface area contributed by atoms with Crippen LogP contribution in [0.5, 0.6) is 0 Å². The van der Waals surface area contributed by atoms with Gasteiger partial charge in [-0.3, -0.25) is 0 Å². The number of rotatable bonds is 3. The minimum absolute atomic E-state index is 0.0468. The van der Waals surface area contributed by atoms with Gasteiger partial charge in [-0.05, 0) is 17.2 Å². The van der Waals surface area contributed by atoms with E-state index in [0.717, 1.165) is 0 Å². The van der Waals surface area contributed by atoms with Crippen LogP contribution in [0, 0.1) is 0 Å². The van der Waals surface area contributed by atoms with Crippen molar-refractivity contribution in [2.45, 2.75) is 43.9 Å². The van der Waals surface area contributed by atoms with Crippen LogP contribution in [-0.2, 0) is 10.0 Å². The molecule has 6 heteroatoms. The van der Waals surface area contributed by atoms with Gasteiger partial charge in [0.2, 0.25) is 0 Å². The molecule has 0 aliphatic rings. The first kappa shape index (κ1) is 14.3. The first-order chi connectivity index (χ1) is 7.56. The van der Waals surface area contributed by atoms with Crippen LogP contribution in [0.3, 0.4) is 0 Å². The van der Waals surface area contributed by atoms with Gasteiger partial charge in [-0.15, -0.1) is 0 Å². The lowest BCUT2D eigenvalue weighted by Gasteiger charge is -2.36. The van der Waals surface area contributed by atoms with Gasteiger partial charge in [0, 0.05) is 6.20 Å². The molecule has 0 atom stereocenters. The second kappa shape index (κ2) is 4.51. The molecule has 0 spiro atoms. The zero-order valence-electron chi connectivity index (χ0n) is 11.0. The molecule has 0 fully saturated rings. The van der Waals surface area contributed by atoms with Crippen LogP contribution in [0.2, 0.25) is 18.1 Å². The highest BCUT2D eigenvalue weighted by Gasteiger charge is 2.39. The minimum Gasteiger partial charge on any atom is -0.243 e. The van der Waals surface area contributed by atoms with E-state index in [1.54, 1.807) is 12.1 Å². The Kier molecular flexibility index (Phi) is 3.80. The van der Waals surface area contributed by atoms with Crippen LogP contribution in [0.25, 0.3) is 0 Å². The van der Waals surface area contributed by atoms with Crippen LogP contribution in [0.4, 0.5) is 0 Å². The molecule has 96 valence electrons. The second-order valence-electron chi connectivity index (χ2n) is 5.65. The lowest BCUT2D eigenvalue weighted by atomic mass is 10.2. The molecule has 0 aliphatic carbocycles. The molecule has 0 unspecified atom stereocenters. The first-order valence-electron chi connectivity index (χ1n) is 5.51. The standard InChI is InChI=1S/C11H20N2O2SSi/c1-11(2,3)17(4,5)13-16(14,15)10-8-6-7-9-12-10/h6-9,13H,1-5H3. The van der Waals surface area contributed by atoms with Crippen molar-refractivity contribution in [1.82, 2.24) is 9.37 Å². The minimum atomic E-state index is -3.50. The SMILES string of the molecule is CC(C)(C)[Si](C)(C)NS(=O)(=O)c1ccccn1. The number of nitrogens with one attached hydrogen (secondary N) is 1. The molecule has 0 aromatic carbocycles. The first-order valence-corrected chi connectivity index (χ1v) is 10.00. The molecule has 0 amide bonds. The van der Waals surface area contributed by atoms with Gasteiger partial charge in [0.15, 0.2) is 5.03 Å². The summed E-state index contributed by atoms with van der Waals surface area (Å²) in [5.41, 5.74) is 0. The van der Waals surface area contributed by atoms with Crippen molar-refractivity contribution in [2.24, 2.45) is 0 Å². The summed E-state index contributed by atoms with van der Waals surface area (Å²) < 4.78 is 27.1. The topological polar surface area (TPSA) is 59.1 Å². The molecule has 17 heavy (non-hydrogen) atoms. The normalized spacial score (nSPS) is 13.7. The summed E-state index contributed by atoms with van der Waals surface area (Å²) in [4.78, 5) is 3.89. The Morgan fingerprint density at radius 1 is 1.24 bits per heavy atom. The fourth-order valence-electron chi connectivity index (χ4n) is 1.05. The van der Waals surface area contributed by atoms with Crippen LogP contribution in [0.1, 0.15) is 20.8 Å². The number of aromatic nitrogens is 1. The van der Waals surface area contributed by atoms with Crippen LogP contribution in [0.15, 0.2) is 29.4 Å². The van der Waals surface area contributed by atoms with E-state index in [1.807, 2.05) is 13.1 Å². The summed E-state index contributed by atoms with van der Waals surface area (Å²) >= 11 is 0. The van der Waals surface area contributed by atoms with Crippen molar-refractivity contribution >= 4 is 18.3 Å². The Morgan fingerprint density at radius 3 is 2.24 bits per heavy atom. The summed E-state index contributed by atoms with van der Waals surface area (Å²) in [7, 11) is -5.60. The van der Waals surface area contributed by atoms with Crippen molar-refractivity contribution in [2.75, 3.05) is 0 Å². The molecule has 4 nitrogen and oxygen atoms in total. The summed E-state index contributed by atoms with van der Waals surface area (Å²) in [6.07, 6.45) is 1.49. The largest absolute Gasteiger partial charge is 0.252 e. The maximum absolute atomic E-state index is 12.2. The van der Waals surface area contributed by atoms with Gasteiger partial charge in [-0.2, -0.15) is 0 Å². The van der Waals surface area contributed by atoms with Gasteiger partial charge in [0.1, 0.15) is 8.24 Å². The third-order valence-corrected chi connectivity index (χ3v) is 10.8. The summed E-state index contributed by atoms with van der Waals surface area (Å²) in [5, 5.41) is 0.0410. The Hall–Kier alpha value is -0.723. The van der Waals surface area contributed by atoms with Crippen LogP contribution < -0.4 is 4.39 Å². The Labute approximate surface area is 105 Å². The summed E-state index contributed by atoms with van der Waals surface area (Å²) in [5.74, 6) is 0. The van der Waals surface area contributed by atoms with E-state index >= 15 is 0 Å². The predicted octanol–water partition coefficient (Wildman–Crippen LogP) is 2.37. The highest BCUT2D eigenvalue weighted by molar-refractivity contribution is 7.90. The molecule has 0 aliphatic heterocycles. The van der Waals surface area contributed by atoms with E-state index in [1.165, 1.54) is 12.3 Å². The number of sulfonamides is 1. The van der Waals surface area contributed by atoms with E-state index in [0.29, 0.717) is 0 Å². The van der Waals surface area contributed by atoms with Gasteiger partial charge in [0.25, 0.3) is 10.0 Å². The molecule has 0 radical (unpaired) electrons. The monoisotopic (exact) mass is 272 g/mol. The molecule has 1 aromatic heterocycles. The van der Waals surface area contributed by atoms with E-state index in [4.69, 9.17) is 0 Å². The highest BCUT2D eigenvalue weighted by Crippen LogP contribution is 2.34. The third kappa shape index (κ3) is 3.37. The summed E-state index contributed by atoms with van der Waals surface area (Å²) in [6, 6.07) is 4.88. The van der Waals surface area contributed by atoms with E-state index < -0.39 is 18.3 Å². The Balaban J connectivity index is 3.04. The number of hydrogen-bond donors (Lipinski definition) is 1. The lowest BCUT2D eigenvalue weighted by Crippen LogP contribution is -2.54. The quantitative estimate of drug-likeness (QED) is 0.859. The van der Waals surface area contributed by atoms with Crippen molar-refractivity contribution in [3.63, 3.8) is 0 Å². The van der Waals surface area contributed by atoms with Gasteiger partial charge in [-0.1, -0.05) is 39.9 Å². The molecular formula is C11H20N2O2SSi. The van der Waals surface area contributed by atoms with Crippen molar-refractivity contribution < 1.29 is 8.42 Å². The van der Waals surface area contributed by atoms with E-state index in [2.05, 4.69) is 30.1 Å². The smallest absolute Gasteiger partial charge is 0.243 e. The zero-order valence-corrected chi connectivity index (χ0v) is 12.8. The highest BCUT2D eigenvalue weighted by atomic mass is 32.2. The number of nitrogens with zero attached hydrogens (tertiary/aromatic N) is 1. The number of pyridine rings is 1.